The minimum absolute atomic E-state index is 0.0597. The topological polar surface area (TPSA) is 56.1 Å². The summed E-state index contributed by atoms with van der Waals surface area (Å²) in [6, 6.07) is 0.0597. The first-order chi connectivity index (χ1) is 6.69. The van der Waals surface area contributed by atoms with Crippen LogP contribution in [-0.4, -0.2) is 53.4 Å². The molecule has 1 N–H and O–H groups in total. The molecule has 0 aromatic heterocycles. The van der Waals surface area contributed by atoms with Gasteiger partial charge in [-0.3, -0.25) is 0 Å². The summed E-state index contributed by atoms with van der Waals surface area (Å²) in [6.45, 7) is 3.98. The van der Waals surface area contributed by atoms with E-state index in [4.69, 9.17) is 5.21 Å². The van der Waals surface area contributed by atoms with Gasteiger partial charge in [-0.1, -0.05) is 5.16 Å². The summed E-state index contributed by atoms with van der Waals surface area (Å²) in [5, 5.41) is 11.7. The Morgan fingerprint density at radius 1 is 1.57 bits per heavy atom. The normalized spacial score (nSPS) is 16.7. The van der Waals surface area contributed by atoms with Crippen LogP contribution >= 0.6 is 0 Å². The zero-order valence-corrected chi connectivity index (χ0v) is 8.73. The highest BCUT2D eigenvalue weighted by atomic mass is 16.4. The van der Waals surface area contributed by atoms with E-state index in [1.54, 1.807) is 16.8 Å². The fourth-order valence-electron chi connectivity index (χ4n) is 1.43. The molecule has 1 saturated heterocycles. The number of amides is 2. The van der Waals surface area contributed by atoms with Gasteiger partial charge in [0.15, 0.2) is 0 Å². The van der Waals surface area contributed by atoms with Crippen LogP contribution in [0, 0.1) is 0 Å². The molecule has 1 rings (SSSR count). The second-order valence-corrected chi connectivity index (χ2v) is 3.45. The number of carbonyl (C=O) groups is 1. The third-order valence-corrected chi connectivity index (χ3v) is 2.55. The predicted octanol–water partition coefficient (Wildman–Crippen LogP) is 0.984. The van der Waals surface area contributed by atoms with E-state index in [0.29, 0.717) is 25.9 Å². The number of urea groups is 1. The molecule has 0 radical (unpaired) electrons. The van der Waals surface area contributed by atoms with Crippen LogP contribution in [-0.2, 0) is 0 Å². The van der Waals surface area contributed by atoms with Gasteiger partial charge in [-0.2, -0.15) is 0 Å². The second-order valence-electron chi connectivity index (χ2n) is 3.45. The van der Waals surface area contributed by atoms with Crippen molar-refractivity contribution in [1.82, 2.24) is 9.80 Å². The summed E-state index contributed by atoms with van der Waals surface area (Å²) in [7, 11) is 1.79. The van der Waals surface area contributed by atoms with Crippen LogP contribution in [0.4, 0.5) is 4.79 Å². The molecule has 0 aromatic rings. The summed E-state index contributed by atoms with van der Waals surface area (Å²) < 4.78 is 0. The van der Waals surface area contributed by atoms with Crippen molar-refractivity contribution in [1.29, 1.82) is 0 Å². The summed E-state index contributed by atoms with van der Waals surface area (Å²) in [6.07, 6.45) is 1.36. The molecule has 5 heteroatoms. The van der Waals surface area contributed by atoms with E-state index in [-0.39, 0.29) is 6.03 Å². The zero-order chi connectivity index (χ0) is 10.6. The lowest BCUT2D eigenvalue weighted by Gasteiger charge is -2.30. The summed E-state index contributed by atoms with van der Waals surface area (Å²) >= 11 is 0. The smallest absolute Gasteiger partial charge is 0.319 e. The van der Waals surface area contributed by atoms with Gasteiger partial charge in [-0.15, -0.1) is 0 Å². The molecular weight excluding hydrogens is 182 g/mol. The molecule has 1 aliphatic heterocycles. The number of piperidine rings is 1. The Hall–Kier alpha value is -1.26. The monoisotopic (exact) mass is 199 g/mol. The van der Waals surface area contributed by atoms with E-state index < -0.39 is 0 Å². The molecule has 0 unspecified atom stereocenters. The third-order valence-electron chi connectivity index (χ3n) is 2.55. The van der Waals surface area contributed by atoms with Crippen LogP contribution in [0.25, 0.3) is 0 Å². The van der Waals surface area contributed by atoms with Gasteiger partial charge < -0.3 is 15.0 Å². The Balaban J connectivity index is 2.45. The fraction of sp³-hybridized carbons (Fsp3) is 0.778. The summed E-state index contributed by atoms with van der Waals surface area (Å²) in [5.74, 6) is 0. The molecule has 0 spiro atoms. The van der Waals surface area contributed by atoms with Gasteiger partial charge in [-0.25, -0.2) is 4.79 Å². The van der Waals surface area contributed by atoms with Crippen molar-refractivity contribution >= 4 is 11.7 Å². The average Bonchev–Trinajstić information content (AvgIpc) is 2.27. The highest BCUT2D eigenvalue weighted by molar-refractivity contribution is 5.86. The maximum absolute atomic E-state index is 11.7. The highest BCUT2D eigenvalue weighted by Gasteiger charge is 2.21. The van der Waals surface area contributed by atoms with Gasteiger partial charge in [0.25, 0.3) is 0 Å². The summed E-state index contributed by atoms with van der Waals surface area (Å²) in [4.78, 5) is 15.1. The number of oxime groups is 1. The molecule has 1 fully saturated rings. The van der Waals surface area contributed by atoms with E-state index in [2.05, 4.69) is 5.16 Å². The Kier molecular flexibility index (Phi) is 3.73. The fourth-order valence-corrected chi connectivity index (χ4v) is 1.43. The molecule has 14 heavy (non-hydrogen) atoms. The number of rotatable bonds is 1. The van der Waals surface area contributed by atoms with Gasteiger partial charge in [0, 0.05) is 39.5 Å². The second kappa shape index (κ2) is 4.83. The lowest BCUT2D eigenvalue weighted by atomic mass is 10.1. The van der Waals surface area contributed by atoms with Gasteiger partial charge in [0.05, 0.1) is 5.71 Å². The van der Waals surface area contributed by atoms with E-state index >= 15 is 0 Å². The Labute approximate surface area is 84.0 Å². The lowest BCUT2D eigenvalue weighted by molar-refractivity contribution is 0.164. The van der Waals surface area contributed by atoms with Crippen molar-refractivity contribution in [2.45, 2.75) is 19.8 Å². The Morgan fingerprint density at radius 3 is 2.57 bits per heavy atom. The average molecular weight is 199 g/mol. The quantitative estimate of drug-likeness (QED) is 0.505. The number of likely N-dealkylation sites (tertiary alicyclic amines) is 1. The molecule has 0 aliphatic carbocycles. The van der Waals surface area contributed by atoms with E-state index in [1.807, 2.05) is 6.92 Å². The predicted molar refractivity (Wildman–Crippen MR) is 53.7 cm³/mol. The highest BCUT2D eigenvalue weighted by Crippen LogP contribution is 2.09. The van der Waals surface area contributed by atoms with E-state index in [9.17, 15) is 4.79 Å². The number of hydrogen-bond acceptors (Lipinski definition) is 3. The van der Waals surface area contributed by atoms with Gasteiger partial charge in [-0.05, 0) is 6.92 Å². The van der Waals surface area contributed by atoms with Crippen LogP contribution in [0.2, 0.25) is 0 Å². The van der Waals surface area contributed by atoms with Crippen LogP contribution in [0.5, 0.6) is 0 Å². The first-order valence-corrected chi connectivity index (χ1v) is 4.89. The first-order valence-electron chi connectivity index (χ1n) is 4.89. The van der Waals surface area contributed by atoms with E-state index in [0.717, 1.165) is 12.3 Å². The van der Waals surface area contributed by atoms with Crippen molar-refractivity contribution in [3.8, 4) is 0 Å². The molecule has 80 valence electrons. The van der Waals surface area contributed by atoms with Gasteiger partial charge >= 0.3 is 6.03 Å². The maximum Gasteiger partial charge on any atom is 0.319 e. The molecule has 0 bridgehead atoms. The van der Waals surface area contributed by atoms with Crippen LogP contribution < -0.4 is 0 Å². The first kappa shape index (κ1) is 10.8. The van der Waals surface area contributed by atoms with Crippen molar-refractivity contribution < 1.29 is 10.0 Å². The lowest BCUT2D eigenvalue weighted by Crippen LogP contribution is -2.45. The van der Waals surface area contributed by atoms with Crippen molar-refractivity contribution in [3.05, 3.63) is 0 Å². The minimum atomic E-state index is 0.0597. The SMILES string of the molecule is CCN(C)C(=O)N1CCC(=NO)CC1. The molecule has 1 aliphatic rings. The van der Waals surface area contributed by atoms with Gasteiger partial charge in [0.1, 0.15) is 0 Å². The Morgan fingerprint density at radius 2 is 2.14 bits per heavy atom. The van der Waals surface area contributed by atoms with E-state index in [1.165, 1.54) is 0 Å². The molecule has 0 aromatic carbocycles. The van der Waals surface area contributed by atoms with Crippen molar-refractivity contribution in [2.75, 3.05) is 26.7 Å². The van der Waals surface area contributed by atoms with Crippen LogP contribution in [0.3, 0.4) is 0 Å². The standard InChI is InChI=1S/C9H17N3O2/c1-3-11(2)9(13)12-6-4-8(10-14)5-7-12/h14H,3-7H2,1-2H3. The molecule has 2 amide bonds. The summed E-state index contributed by atoms with van der Waals surface area (Å²) in [5.41, 5.74) is 0.785. The molecule has 5 nitrogen and oxygen atoms in total. The molecule has 0 saturated carbocycles. The van der Waals surface area contributed by atoms with Crippen molar-refractivity contribution in [3.63, 3.8) is 0 Å². The molecule has 1 heterocycles. The van der Waals surface area contributed by atoms with Crippen LogP contribution in [0.1, 0.15) is 19.8 Å². The zero-order valence-electron chi connectivity index (χ0n) is 8.73. The Bertz CT molecular complexity index is 230. The molecule has 0 atom stereocenters. The van der Waals surface area contributed by atoms with Crippen LogP contribution in [0.15, 0.2) is 5.16 Å². The third kappa shape index (κ3) is 2.37. The number of hydrogen-bond donors (Lipinski definition) is 1. The maximum atomic E-state index is 11.7. The largest absolute Gasteiger partial charge is 0.411 e. The van der Waals surface area contributed by atoms with Crippen molar-refractivity contribution in [2.24, 2.45) is 5.16 Å². The molecular formula is C9H17N3O2. The van der Waals surface area contributed by atoms with Gasteiger partial charge in [0.2, 0.25) is 0 Å². The minimum Gasteiger partial charge on any atom is -0.411 e. The number of nitrogens with zero attached hydrogens (tertiary/aromatic N) is 3. The number of carbonyl (C=O) groups excluding carboxylic acids is 1.